The van der Waals surface area contributed by atoms with Gasteiger partial charge in [0.1, 0.15) is 0 Å². The maximum atomic E-state index is 2.16. The summed E-state index contributed by atoms with van der Waals surface area (Å²) in [6.45, 7) is 2.14. The third kappa shape index (κ3) is 2.04. The standard InChI is InChI=1S/C6H8.Rh/c1-6-4-2-3-5-6;/h2-4H,5H2,1H3;. The van der Waals surface area contributed by atoms with Gasteiger partial charge in [-0.25, -0.2) is 0 Å². The molecule has 0 atom stereocenters. The van der Waals surface area contributed by atoms with Crippen molar-refractivity contribution in [2.75, 3.05) is 0 Å². The molecule has 0 nitrogen and oxygen atoms in total. The van der Waals surface area contributed by atoms with Gasteiger partial charge in [-0.15, -0.1) is 0 Å². The molecule has 0 aromatic rings. The van der Waals surface area contributed by atoms with E-state index in [9.17, 15) is 0 Å². The summed E-state index contributed by atoms with van der Waals surface area (Å²) in [4.78, 5) is 0. The Morgan fingerprint density at radius 1 is 1.57 bits per heavy atom. The number of hydrogen-bond acceptors (Lipinski definition) is 0. The van der Waals surface area contributed by atoms with Crippen molar-refractivity contribution in [3.63, 3.8) is 0 Å². The second-order valence-electron chi connectivity index (χ2n) is 1.65. The summed E-state index contributed by atoms with van der Waals surface area (Å²) in [5, 5.41) is 0. The molecule has 0 heterocycles. The monoisotopic (exact) mass is 183 g/mol. The molecule has 0 bridgehead atoms. The molecule has 7 heavy (non-hydrogen) atoms. The smallest absolute Gasteiger partial charge is 0 e. The molecule has 0 fully saturated rings. The summed E-state index contributed by atoms with van der Waals surface area (Å²) < 4.78 is 0. The Kier molecular flexibility index (Phi) is 3.20. The van der Waals surface area contributed by atoms with Gasteiger partial charge >= 0.3 is 0 Å². The van der Waals surface area contributed by atoms with Gasteiger partial charge in [0.15, 0.2) is 0 Å². The summed E-state index contributed by atoms with van der Waals surface area (Å²) in [6.07, 6.45) is 7.56. The molecule has 0 saturated heterocycles. The molecule has 0 N–H and O–H groups in total. The van der Waals surface area contributed by atoms with Crippen molar-refractivity contribution in [2.45, 2.75) is 13.3 Å². The summed E-state index contributed by atoms with van der Waals surface area (Å²) in [5.74, 6) is 0. The molecule has 0 spiro atoms. The van der Waals surface area contributed by atoms with Gasteiger partial charge in [-0.3, -0.25) is 0 Å². The molecule has 0 amide bonds. The van der Waals surface area contributed by atoms with Crippen LogP contribution in [0.15, 0.2) is 23.8 Å². The van der Waals surface area contributed by atoms with E-state index >= 15 is 0 Å². The van der Waals surface area contributed by atoms with Gasteiger partial charge < -0.3 is 0 Å². The number of allylic oxidation sites excluding steroid dienone is 4. The van der Waals surface area contributed by atoms with Crippen molar-refractivity contribution >= 4 is 0 Å². The minimum Gasteiger partial charge on any atom is -0.0805 e. The Labute approximate surface area is 57.1 Å². The van der Waals surface area contributed by atoms with E-state index in [2.05, 4.69) is 25.2 Å². The van der Waals surface area contributed by atoms with E-state index in [1.165, 1.54) is 12.0 Å². The molecule has 0 aromatic carbocycles. The van der Waals surface area contributed by atoms with Gasteiger partial charge in [0.2, 0.25) is 0 Å². The van der Waals surface area contributed by atoms with Crippen LogP contribution in [0.1, 0.15) is 13.3 Å². The average molecular weight is 183 g/mol. The third-order valence-corrected chi connectivity index (χ3v) is 0.957. The Morgan fingerprint density at radius 3 is 2.43 bits per heavy atom. The fourth-order valence-electron chi connectivity index (χ4n) is 0.554. The van der Waals surface area contributed by atoms with E-state index in [4.69, 9.17) is 0 Å². The van der Waals surface area contributed by atoms with E-state index in [0.717, 1.165) is 0 Å². The molecule has 1 aliphatic carbocycles. The van der Waals surface area contributed by atoms with Crippen molar-refractivity contribution in [3.8, 4) is 0 Å². The second kappa shape index (κ2) is 3.15. The topological polar surface area (TPSA) is 0 Å². The fraction of sp³-hybridized carbons (Fsp3) is 0.333. The van der Waals surface area contributed by atoms with Crippen LogP contribution in [0, 0.1) is 0 Å². The molecule has 0 saturated carbocycles. The molecular formula is C6H8Rh. The molecule has 1 aliphatic rings. The number of rotatable bonds is 0. The van der Waals surface area contributed by atoms with Gasteiger partial charge in [0.25, 0.3) is 0 Å². The maximum Gasteiger partial charge on any atom is 0 e. The van der Waals surface area contributed by atoms with Crippen LogP contribution in [0.2, 0.25) is 0 Å². The third-order valence-electron chi connectivity index (χ3n) is 0.957. The van der Waals surface area contributed by atoms with Crippen molar-refractivity contribution in [1.29, 1.82) is 0 Å². The minimum atomic E-state index is 0. The van der Waals surface area contributed by atoms with Crippen molar-refractivity contribution in [3.05, 3.63) is 23.8 Å². The van der Waals surface area contributed by atoms with Gasteiger partial charge in [0.05, 0.1) is 0 Å². The van der Waals surface area contributed by atoms with Gasteiger partial charge in [-0.2, -0.15) is 0 Å². The van der Waals surface area contributed by atoms with Gasteiger partial charge in [0, 0.05) is 19.5 Å². The predicted octanol–water partition coefficient (Wildman–Crippen LogP) is 1.89. The van der Waals surface area contributed by atoms with Crippen LogP contribution in [0.3, 0.4) is 0 Å². The van der Waals surface area contributed by atoms with Gasteiger partial charge in [-0.1, -0.05) is 23.8 Å². The average Bonchev–Trinajstić information content (AvgIpc) is 1.86. The Bertz CT molecular complexity index is 101. The van der Waals surface area contributed by atoms with E-state index in [-0.39, 0.29) is 19.5 Å². The molecule has 1 rings (SSSR count). The largest absolute Gasteiger partial charge is 0.0805 e. The minimum absolute atomic E-state index is 0. The van der Waals surface area contributed by atoms with Crippen molar-refractivity contribution in [2.24, 2.45) is 0 Å². The van der Waals surface area contributed by atoms with Crippen LogP contribution in [0.5, 0.6) is 0 Å². The zero-order valence-electron chi connectivity index (χ0n) is 4.27. The molecule has 1 radical (unpaired) electrons. The Morgan fingerprint density at radius 2 is 2.29 bits per heavy atom. The molecule has 0 unspecified atom stereocenters. The first-order valence-electron chi connectivity index (χ1n) is 2.22. The fourth-order valence-corrected chi connectivity index (χ4v) is 0.554. The van der Waals surface area contributed by atoms with E-state index in [1.54, 1.807) is 0 Å². The normalized spacial score (nSPS) is 15.9. The van der Waals surface area contributed by atoms with Crippen LogP contribution < -0.4 is 0 Å². The van der Waals surface area contributed by atoms with Crippen LogP contribution in [0.4, 0.5) is 0 Å². The first kappa shape index (κ1) is 7.10. The first-order valence-corrected chi connectivity index (χ1v) is 2.22. The summed E-state index contributed by atoms with van der Waals surface area (Å²) in [5.41, 5.74) is 1.47. The van der Waals surface area contributed by atoms with Gasteiger partial charge in [-0.05, 0) is 13.3 Å². The zero-order valence-corrected chi connectivity index (χ0v) is 5.91. The second-order valence-corrected chi connectivity index (χ2v) is 1.65. The quantitative estimate of drug-likeness (QED) is 0.503. The Balaban J connectivity index is 0.000000360. The SMILES string of the molecule is CC1=CC=CC1.[Rh]. The van der Waals surface area contributed by atoms with Crippen LogP contribution >= 0.6 is 0 Å². The van der Waals surface area contributed by atoms with Crippen molar-refractivity contribution < 1.29 is 19.5 Å². The zero-order chi connectivity index (χ0) is 4.41. The summed E-state index contributed by atoms with van der Waals surface area (Å²) in [6, 6.07) is 0. The van der Waals surface area contributed by atoms with Crippen molar-refractivity contribution in [1.82, 2.24) is 0 Å². The van der Waals surface area contributed by atoms with E-state index in [0.29, 0.717) is 0 Å². The van der Waals surface area contributed by atoms with Crippen LogP contribution in [-0.2, 0) is 19.5 Å². The molecule has 41 valence electrons. The van der Waals surface area contributed by atoms with E-state index < -0.39 is 0 Å². The van der Waals surface area contributed by atoms with E-state index in [1.807, 2.05) is 0 Å². The number of hydrogen-bond donors (Lipinski definition) is 0. The summed E-state index contributed by atoms with van der Waals surface area (Å²) in [7, 11) is 0. The Hall–Kier alpha value is 0.103. The molecule has 1 heteroatoms. The maximum absolute atomic E-state index is 2.16. The van der Waals surface area contributed by atoms with Crippen LogP contribution in [-0.4, -0.2) is 0 Å². The first-order chi connectivity index (χ1) is 2.89. The molecule has 0 aromatic heterocycles. The summed E-state index contributed by atoms with van der Waals surface area (Å²) >= 11 is 0. The van der Waals surface area contributed by atoms with Crippen LogP contribution in [0.25, 0.3) is 0 Å². The predicted molar refractivity (Wildman–Crippen MR) is 27.5 cm³/mol. The molecular weight excluding hydrogens is 175 g/mol. The molecule has 0 aliphatic heterocycles.